The fourth-order valence-electron chi connectivity index (χ4n) is 3.96. The number of hydrogen-bond donors (Lipinski definition) is 0. The van der Waals surface area contributed by atoms with Crippen LogP contribution in [-0.2, 0) is 6.54 Å². The molecule has 7 heteroatoms. The third-order valence-electron chi connectivity index (χ3n) is 6.01. The molecule has 2 heterocycles. The average Bonchev–Trinajstić information content (AvgIpc) is 3.17. The van der Waals surface area contributed by atoms with Crippen LogP contribution in [0.25, 0.3) is 11.5 Å². The van der Waals surface area contributed by atoms with Crippen LogP contribution in [0.1, 0.15) is 35.5 Å². The molecule has 170 valence electrons. The Morgan fingerprint density at radius 3 is 2.50 bits per heavy atom. The standard InChI is InChI=1S/C25H30N2O5/c1-15-21(28-5)10-8-19(24(15)29-6)25-26-20(17(3)32-25)14-27(4)16(2)18-7-9-22-23(13-18)31-12-11-30-22/h7-10,13,16H,11-12,14H2,1-6H3/t16-/m1/s1. The Balaban J connectivity index is 1.55. The van der Waals surface area contributed by atoms with Gasteiger partial charge in [0.15, 0.2) is 11.5 Å². The molecule has 0 N–H and O–H groups in total. The van der Waals surface area contributed by atoms with Crippen molar-refractivity contribution in [2.24, 2.45) is 0 Å². The van der Waals surface area contributed by atoms with Crippen LogP contribution in [0.4, 0.5) is 0 Å². The molecule has 1 atom stereocenters. The van der Waals surface area contributed by atoms with E-state index < -0.39 is 0 Å². The first kappa shape index (κ1) is 22.0. The average molecular weight is 439 g/mol. The van der Waals surface area contributed by atoms with E-state index in [0.717, 1.165) is 45.4 Å². The number of ether oxygens (including phenoxy) is 4. The zero-order chi connectivity index (χ0) is 22.8. The minimum atomic E-state index is 0.156. The fourth-order valence-corrected chi connectivity index (χ4v) is 3.96. The second-order valence-corrected chi connectivity index (χ2v) is 7.99. The molecular formula is C25H30N2O5. The Kier molecular flexibility index (Phi) is 6.28. The first-order valence-corrected chi connectivity index (χ1v) is 10.7. The maximum Gasteiger partial charge on any atom is 0.230 e. The van der Waals surface area contributed by atoms with Gasteiger partial charge in [0.2, 0.25) is 5.89 Å². The number of oxazole rings is 1. The van der Waals surface area contributed by atoms with E-state index in [1.807, 2.05) is 32.0 Å². The Morgan fingerprint density at radius 1 is 1.03 bits per heavy atom. The number of benzene rings is 2. The predicted octanol–water partition coefficient (Wildman–Crippen LogP) is 4.94. The van der Waals surface area contributed by atoms with Gasteiger partial charge in [0.1, 0.15) is 30.5 Å². The summed E-state index contributed by atoms with van der Waals surface area (Å²) >= 11 is 0. The molecule has 0 unspecified atom stereocenters. The second-order valence-electron chi connectivity index (χ2n) is 7.99. The van der Waals surface area contributed by atoms with Crippen molar-refractivity contribution in [1.82, 2.24) is 9.88 Å². The lowest BCUT2D eigenvalue weighted by Crippen LogP contribution is -2.23. The van der Waals surface area contributed by atoms with Gasteiger partial charge in [-0.25, -0.2) is 4.98 Å². The van der Waals surface area contributed by atoms with Crippen molar-refractivity contribution in [3.05, 3.63) is 52.9 Å². The normalized spacial score (nSPS) is 13.8. The zero-order valence-corrected chi connectivity index (χ0v) is 19.5. The molecule has 0 spiro atoms. The van der Waals surface area contributed by atoms with Crippen LogP contribution in [0.2, 0.25) is 0 Å². The monoisotopic (exact) mass is 438 g/mol. The summed E-state index contributed by atoms with van der Waals surface area (Å²) in [6.07, 6.45) is 0. The lowest BCUT2D eigenvalue weighted by atomic mass is 10.1. The maximum atomic E-state index is 6.04. The van der Waals surface area contributed by atoms with Gasteiger partial charge in [-0.15, -0.1) is 0 Å². The van der Waals surface area contributed by atoms with E-state index in [4.69, 9.17) is 28.3 Å². The summed E-state index contributed by atoms with van der Waals surface area (Å²) in [4.78, 5) is 7.03. The lowest BCUT2D eigenvalue weighted by Gasteiger charge is -2.26. The van der Waals surface area contributed by atoms with Gasteiger partial charge in [0.25, 0.3) is 0 Å². The molecule has 0 amide bonds. The lowest BCUT2D eigenvalue weighted by molar-refractivity contribution is 0.170. The minimum Gasteiger partial charge on any atom is -0.496 e. The Bertz CT molecular complexity index is 1110. The van der Waals surface area contributed by atoms with Crippen LogP contribution < -0.4 is 18.9 Å². The van der Waals surface area contributed by atoms with E-state index in [-0.39, 0.29) is 6.04 Å². The van der Waals surface area contributed by atoms with Crippen LogP contribution in [0.5, 0.6) is 23.0 Å². The Morgan fingerprint density at radius 2 is 1.78 bits per heavy atom. The third kappa shape index (κ3) is 4.12. The maximum absolute atomic E-state index is 6.04. The molecule has 0 aliphatic carbocycles. The molecule has 1 aliphatic rings. The summed E-state index contributed by atoms with van der Waals surface area (Å²) in [5.41, 5.74) is 3.77. The molecule has 7 nitrogen and oxygen atoms in total. The van der Waals surface area contributed by atoms with E-state index in [1.165, 1.54) is 0 Å². The van der Waals surface area contributed by atoms with E-state index in [0.29, 0.717) is 31.4 Å². The van der Waals surface area contributed by atoms with Gasteiger partial charge in [-0.2, -0.15) is 0 Å². The molecule has 0 fully saturated rings. The summed E-state index contributed by atoms with van der Waals surface area (Å²) in [5, 5.41) is 0. The number of fused-ring (bicyclic) bond motifs is 1. The van der Waals surface area contributed by atoms with Gasteiger partial charge < -0.3 is 23.4 Å². The fraction of sp³-hybridized carbons (Fsp3) is 0.400. The van der Waals surface area contributed by atoms with Gasteiger partial charge in [-0.3, -0.25) is 4.90 Å². The van der Waals surface area contributed by atoms with E-state index >= 15 is 0 Å². The van der Waals surface area contributed by atoms with Crippen LogP contribution in [0, 0.1) is 13.8 Å². The quantitative estimate of drug-likeness (QED) is 0.518. The minimum absolute atomic E-state index is 0.156. The first-order chi connectivity index (χ1) is 15.4. The largest absolute Gasteiger partial charge is 0.496 e. The summed E-state index contributed by atoms with van der Waals surface area (Å²) < 4.78 is 28.5. The van der Waals surface area contributed by atoms with Crippen molar-refractivity contribution in [1.29, 1.82) is 0 Å². The highest BCUT2D eigenvalue weighted by Gasteiger charge is 2.22. The number of aromatic nitrogens is 1. The smallest absolute Gasteiger partial charge is 0.230 e. The van der Waals surface area contributed by atoms with Crippen LogP contribution in [0.3, 0.4) is 0 Å². The second kappa shape index (κ2) is 9.12. The molecular weight excluding hydrogens is 408 g/mol. The summed E-state index contributed by atoms with van der Waals surface area (Å²) in [7, 11) is 5.37. The molecule has 0 saturated carbocycles. The predicted molar refractivity (Wildman–Crippen MR) is 122 cm³/mol. The van der Waals surface area contributed by atoms with Crippen molar-refractivity contribution in [3.8, 4) is 34.5 Å². The van der Waals surface area contributed by atoms with Gasteiger partial charge in [0, 0.05) is 18.2 Å². The number of aryl methyl sites for hydroxylation is 1. The SMILES string of the molecule is COc1ccc(-c2nc(CN(C)[C@H](C)c3ccc4c(c3)OCCO4)c(C)o2)c(OC)c1C. The topological polar surface area (TPSA) is 66.2 Å². The van der Waals surface area contributed by atoms with Crippen molar-refractivity contribution in [2.75, 3.05) is 34.5 Å². The molecule has 1 aliphatic heterocycles. The van der Waals surface area contributed by atoms with Crippen molar-refractivity contribution >= 4 is 0 Å². The highest BCUT2D eigenvalue weighted by atomic mass is 16.6. The van der Waals surface area contributed by atoms with Gasteiger partial charge in [-0.1, -0.05) is 6.07 Å². The molecule has 0 bridgehead atoms. The van der Waals surface area contributed by atoms with Crippen molar-refractivity contribution in [2.45, 2.75) is 33.4 Å². The molecule has 0 saturated heterocycles. The van der Waals surface area contributed by atoms with Gasteiger partial charge >= 0.3 is 0 Å². The third-order valence-corrected chi connectivity index (χ3v) is 6.01. The van der Waals surface area contributed by atoms with Gasteiger partial charge in [-0.05, 0) is 57.6 Å². The van der Waals surface area contributed by atoms with E-state index in [2.05, 4.69) is 31.0 Å². The van der Waals surface area contributed by atoms with E-state index in [1.54, 1.807) is 14.2 Å². The van der Waals surface area contributed by atoms with Crippen LogP contribution in [0.15, 0.2) is 34.7 Å². The number of rotatable bonds is 7. The first-order valence-electron chi connectivity index (χ1n) is 10.7. The zero-order valence-electron chi connectivity index (χ0n) is 19.5. The number of hydrogen-bond acceptors (Lipinski definition) is 7. The molecule has 1 aromatic heterocycles. The molecule has 0 radical (unpaired) electrons. The highest BCUT2D eigenvalue weighted by Crippen LogP contribution is 2.38. The highest BCUT2D eigenvalue weighted by molar-refractivity contribution is 5.68. The van der Waals surface area contributed by atoms with Crippen LogP contribution in [-0.4, -0.2) is 44.4 Å². The molecule has 3 aromatic rings. The molecule has 2 aromatic carbocycles. The summed E-state index contributed by atoms with van der Waals surface area (Å²) in [6.45, 7) is 7.88. The van der Waals surface area contributed by atoms with Crippen molar-refractivity contribution < 1.29 is 23.4 Å². The Labute approximate surface area is 188 Å². The summed E-state index contributed by atoms with van der Waals surface area (Å²) in [5.74, 6) is 4.40. The summed E-state index contributed by atoms with van der Waals surface area (Å²) in [6, 6.07) is 10.1. The molecule has 32 heavy (non-hydrogen) atoms. The van der Waals surface area contributed by atoms with Crippen molar-refractivity contribution in [3.63, 3.8) is 0 Å². The van der Waals surface area contributed by atoms with Crippen LogP contribution >= 0.6 is 0 Å². The number of nitrogens with zero attached hydrogens (tertiary/aromatic N) is 2. The van der Waals surface area contributed by atoms with Gasteiger partial charge in [0.05, 0.1) is 25.5 Å². The van der Waals surface area contributed by atoms with E-state index in [9.17, 15) is 0 Å². The molecule has 4 rings (SSSR count). The number of methoxy groups -OCH3 is 2. The Hall–Kier alpha value is -3.19.